The maximum absolute atomic E-state index is 12.8. The van der Waals surface area contributed by atoms with Crippen LogP contribution in [0.3, 0.4) is 0 Å². The van der Waals surface area contributed by atoms with E-state index < -0.39 is 28.7 Å². The molecule has 2 rings (SSSR count). The highest BCUT2D eigenvalue weighted by Crippen LogP contribution is 2.16. The Morgan fingerprint density at radius 1 is 0.947 bits per heavy atom. The molecule has 0 aliphatic carbocycles. The molecule has 8 N–H and O–H groups in total. The van der Waals surface area contributed by atoms with Crippen molar-refractivity contribution in [1.29, 1.82) is 0 Å². The van der Waals surface area contributed by atoms with Crippen LogP contribution in [0, 0.1) is 10.1 Å². The van der Waals surface area contributed by atoms with Crippen LogP contribution in [0.2, 0.25) is 0 Å². The molecule has 1 unspecified atom stereocenters. The molecule has 14 nitrogen and oxygen atoms in total. The molecule has 202 valence electrons. The number of nitrogens with zero attached hydrogens (tertiary/aromatic N) is 2. The van der Waals surface area contributed by atoms with Gasteiger partial charge in [-0.05, 0) is 37.1 Å². The molecular formula is C24H30N8O6. The van der Waals surface area contributed by atoms with Gasteiger partial charge < -0.3 is 32.7 Å². The number of nitro groups is 1. The number of nitrogens with two attached hydrogens (primary N) is 2. The van der Waals surface area contributed by atoms with Crippen LogP contribution in [0.4, 0.5) is 11.4 Å². The zero-order valence-corrected chi connectivity index (χ0v) is 20.5. The number of hydrogen-bond donors (Lipinski definition) is 6. The quantitative estimate of drug-likeness (QED) is 0.0644. The number of amides is 4. The van der Waals surface area contributed by atoms with Crippen molar-refractivity contribution in [2.24, 2.45) is 16.5 Å². The molecule has 0 fully saturated rings. The molecule has 0 heterocycles. The standard InChI is InChI=1S/C24H30N8O6/c25-24(26)28-13-4-7-19(23(36)30-17-8-10-18(11-9-17)32(37)38)31-21(34)15-29-20(33)12-14-27-22(35)16-5-2-1-3-6-16/h1-3,5-6,8-11,19H,4,7,12-15H2,(H,27,35)(H,29,33)(H,30,36)(H,31,34)(H4,25,26,28). The third-order valence-electron chi connectivity index (χ3n) is 5.06. The van der Waals surface area contributed by atoms with Crippen molar-refractivity contribution in [2.75, 3.05) is 25.0 Å². The number of benzene rings is 2. The molecule has 0 spiro atoms. The molecule has 38 heavy (non-hydrogen) atoms. The van der Waals surface area contributed by atoms with Crippen LogP contribution in [0.5, 0.6) is 0 Å². The smallest absolute Gasteiger partial charge is 0.269 e. The van der Waals surface area contributed by atoms with E-state index in [2.05, 4.69) is 26.3 Å². The van der Waals surface area contributed by atoms with Crippen molar-refractivity contribution in [3.8, 4) is 0 Å². The third kappa shape index (κ3) is 10.7. The largest absolute Gasteiger partial charge is 0.370 e. The number of aliphatic imine (C=N–C) groups is 1. The lowest BCUT2D eigenvalue weighted by atomic mass is 10.1. The van der Waals surface area contributed by atoms with Gasteiger partial charge in [0, 0.05) is 42.9 Å². The number of nitrogens with one attached hydrogen (secondary N) is 4. The van der Waals surface area contributed by atoms with Crippen LogP contribution in [0.15, 0.2) is 59.6 Å². The zero-order chi connectivity index (χ0) is 27.9. The fraction of sp³-hybridized carbons (Fsp3) is 0.292. The van der Waals surface area contributed by atoms with E-state index in [-0.39, 0.29) is 50.0 Å². The van der Waals surface area contributed by atoms with Gasteiger partial charge in [0.05, 0.1) is 11.5 Å². The number of carbonyl (C=O) groups excluding carboxylic acids is 4. The molecule has 14 heteroatoms. The number of anilines is 1. The van der Waals surface area contributed by atoms with Gasteiger partial charge >= 0.3 is 0 Å². The van der Waals surface area contributed by atoms with E-state index in [0.29, 0.717) is 17.7 Å². The second-order valence-electron chi connectivity index (χ2n) is 8.01. The average molecular weight is 527 g/mol. The van der Waals surface area contributed by atoms with Crippen LogP contribution in [-0.4, -0.2) is 60.2 Å². The number of guanidine groups is 1. The molecule has 0 saturated heterocycles. The Labute approximate surface area is 218 Å². The highest BCUT2D eigenvalue weighted by atomic mass is 16.6. The van der Waals surface area contributed by atoms with E-state index in [0.717, 1.165) is 0 Å². The van der Waals surface area contributed by atoms with E-state index in [9.17, 15) is 29.3 Å². The Morgan fingerprint density at radius 3 is 2.26 bits per heavy atom. The molecular weight excluding hydrogens is 496 g/mol. The van der Waals surface area contributed by atoms with Gasteiger partial charge in [0.2, 0.25) is 17.7 Å². The fourth-order valence-corrected chi connectivity index (χ4v) is 3.16. The van der Waals surface area contributed by atoms with Gasteiger partial charge in [0.15, 0.2) is 5.96 Å². The normalized spacial score (nSPS) is 10.9. The van der Waals surface area contributed by atoms with Crippen molar-refractivity contribution >= 4 is 41.0 Å². The minimum absolute atomic E-state index is 0.0472. The summed E-state index contributed by atoms with van der Waals surface area (Å²) in [5.74, 6) is -2.07. The number of rotatable bonds is 14. The predicted molar refractivity (Wildman–Crippen MR) is 140 cm³/mol. The van der Waals surface area contributed by atoms with E-state index in [1.54, 1.807) is 30.3 Å². The summed E-state index contributed by atoms with van der Waals surface area (Å²) < 4.78 is 0. The lowest BCUT2D eigenvalue weighted by Crippen LogP contribution is -2.47. The predicted octanol–water partition coefficient (Wildman–Crippen LogP) is 0.00800. The summed E-state index contributed by atoms with van der Waals surface area (Å²) >= 11 is 0. The maximum atomic E-state index is 12.8. The molecule has 0 radical (unpaired) electrons. The van der Waals surface area contributed by atoms with Gasteiger partial charge in [-0.2, -0.15) is 0 Å². The van der Waals surface area contributed by atoms with E-state index in [1.807, 2.05) is 0 Å². The third-order valence-corrected chi connectivity index (χ3v) is 5.06. The van der Waals surface area contributed by atoms with Crippen LogP contribution in [0.25, 0.3) is 0 Å². The first-order chi connectivity index (χ1) is 18.2. The van der Waals surface area contributed by atoms with Gasteiger partial charge in [-0.25, -0.2) is 0 Å². The molecule has 0 bridgehead atoms. The second-order valence-corrected chi connectivity index (χ2v) is 8.01. The highest BCUT2D eigenvalue weighted by Gasteiger charge is 2.21. The second kappa shape index (κ2) is 15.2. The molecule has 4 amide bonds. The van der Waals surface area contributed by atoms with Crippen LogP contribution < -0.4 is 32.7 Å². The Balaban J connectivity index is 1.85. The summed E-state index contributed by atoms with van der Waals surface area (Å²) in [7, 11) is 0. The average Bonchev–Trinajstić information content (AvgIpc) is 2.89. The number of hydrogen-bond acceptors (Lipinski definition) is 7. The van der Waals surface area contributed by atoms with Crippen molar-refractivity contribution in [2.45, 2.75) is 25.3 Å². The van der Waals surface area contributed by atoms with E-state index >= 15 is 0 Å². The van der Waals surface area contributed by atoms with E-state index in [1.165, 1.54) is 24.3 Å². The fourth-order valence-electron chi connectivity index (χ4n) is 3.16. The molecule has 0 aliphatic heterocycles. The van der Waals surface area contributed by atoms with Crippen LogP contribution in [-0.2, 0) is 14.4 Å². The molecule has 2 aromatic rings. The van der Waals surface area contributed by atoms with E-state index in [4.69, 9.17) is 11.5 Å². The molecule has 2 aromatic carbocycles. The Morgan fingerprint density at radius 2 is 1.63 bits per heavy atom. The zero-order valence-electron chi connectivity index (χ0n) is 20.5. The van der Waals surface area contributed by atoms with Crippen LogP contribution >= 0.6 is 0 Å². The Bertz CT molecular complexity index is 1150. The van der Waals surface area contributed by atoms with Gasteiger partial charge in [0.25, 0.3) is 11.6 Å². The summed E-state index contributed by atoms with van der Waals surface area (Å²) in [6.07, 6.45) is 0.499. The van der Waals surface area contributed by atoms with Crippen LogP contribution in [0.1, 0.15) is 29.6 Å². The molecule has 1 atom stereocenters. The summed E-state index contributed by atoms with van der Waals surface area (Å²) in [5, 5.41) is 21.0. The maximum Gasteiger partial charge on any atom is 0.269 e. The first-order valence-electron chi connectivity index (χ1n) is 11.7. The van der Waals surface area contributed by atoms with Gasteiger partial charge in [0.1, 0.15) is 6.04 Å². The summed E-state index contributed by atoms with van der Waals surface area (Å²) in [6, 6.07) is 12.7. The highest BCUT2D eigenvalue weighted by molar-refractivity contribution is 5.98. The minimum Gasteiger partial charge on any atom is -0.370 e. The van der Waals surface area contributed by atoms with Crippen molar-refractivity contribution in [3.63, 3.8) is 0 Å². The van der Waals surface area contributed by atoms with Gasteiger partial charge in [-0.15, -0.1) is 0 Å². The topological polar surface area (TPSA) is 224 Å². The van der Waals surface area contributed by atoms with Crippen molar-refractivity contribution in [3.05, 3.63) is 70.3 Å². The summed E-state index contributed by atoms with van der Waals surface area (Å²) in [4.78, 5) is 63.4. The van der Waals surface area contributed by atoms with Gasteiger partial charge in [-0.1, -0.05) is 18.2 Å². The van der Waals surface area contributed by atoms with Crippen molar-refractivity contribution < 1.29 is 24.1 Å². The number of nitro benzene ring substituents is 1. The SMILES string of the molecule is NC(N)=NCCCC(NC(=O)CNC(=O)CCNC(=O)c1ccccc1)C(=O)Nc1ccc([N+](=O)[O-])cc1. The lowest BCUT2D eigenvalue weighted by molar-refractivity contribution is -0.384. The monoisotopic (exact) mass is 526 g/mol. The van der Waals surface area contributed by atoms with Crippen molar-refractivity contribution in [1.82, 2.24) is 16.0 Å². The Hall–Kier alpha value is -5.01. The molecule has 0 saturated carbocycles. The summed E-state index contributed by atoms with van der Waals surface area (Å²) in [5.41, 5.74) is 11.2. The number of carbonyl (C=O) groups is 4. The Kier molecular flexibility index (Phi) is 11.7. The molecule has 0 aliphatic rings. The first-order valence-corrected chi connectivity index (χ1v) is 11.7. The lowest BCUT2D eigenvalue weighted by Gasteiger charge is -2.18. The minimum atomic E-state index is -0.992. The van der Waals surface area contributed by atoms with Gasteiger partial charge in [-0.3, -0.25) is 34.3 Å². The number of non-ortho nitro benzene ring substituents is 1. The summed E-state index contributed by atoms with van der Waals surface area (Å²) in [6.45, 7) is -0.0854. The first kappa shape index (κ1) is 29.2. The molecule has 0 aromatic heterocycles.